The highest BCUT2D eigenvalue weighted by molar-refractivity contribution is 7.47. The van der Waals surface area contributed by atoms with E-state index in [9.17, 15) is 28.7 Å². The molecule has 0 amide bonds. The van der Waals surface area contributed by atoms with E-state index in [2.05, 4.69) is 71.5 Å². The summed E-state index contributed by atoms with van der Waals surface area (Å²) in [6, 6.07) is 0. The summed E-state index contributed by atoms with van der Waals surface area (Å²) in [5.41, 5.74) is 0. The molecule has 0 spiro atoms. The lowest BCUT2D eigenvalue weighted by atomic mass is 10.1. The SMILES string of the molecule is CCCCC/C=C\C/C=C\C/C=C\CCCCC(=O)OC[C@H](COP(=O)(O)OC[C@@H](O)COP(=O)(O)O)OC(=O)CCCCCCCC1OC1C/C=C\CCCCC. The fraction of sp³-hybridized carbons (Fsp3) is 0.762. The van der Waals surface area contributed by atoms with Crippen molar-refractivity contribution < 1.29 is 66.3 Å². The maximum absolute atomic E-state index is 12.7. The predicted molar refractivity (Wildman–Crippen MR) is 225 cm³/mol. The molecule has 16 heteroatoms. The minimum absolute atomic E-state index is 0.0986. The second-order valence-corrected chi connectivity index (χ2v) is 17.3. The van der Waals surface area contributed by atoms with Gasteiger partial charge in [-0.25, -0.2) is 9.13 Å². The van der Waals surface area contributed by atoms with Crippen molar-refractivity contribution in [3.05, 3.63) is 48.6 Å². The van der Waals surface area contributed by atoms with E-state index in [4.69, 9.17) is 28.5 Å². The van der Waals surface area contributed by atoms with Gasteiger partial charge in [0.1, 0.15) is 12.7 Å². The van der Waals surface area contributed by atoms with Gasteiger partial charge in [0.25, 0.3) is 0 Å². The number of hydrogen-bond acceptors (Lipinski definition) is 11. The van der Waals surface area contributed by atoms with Crippen molar-refractivity contribution in [3.63, 3.8) is 0 Å². The summed E-state index contributed by atoms with van der Waals surface area (Å²) in [6.07, 6.45) is 35.5. The van der Waals surface area contributed by atoms with Crippen LogP contribution in [0.4, 0.5) is 0 Å². The summed E-state index contributed by atoms with van der Waals surface area (Å²) >= 11 is 0. The second-order valence-electron chi connectivity index (χ2n) is 14.6. The highest BCUT2D eigenvalue weighted by Crippen LogP contribution is 2.44. The van der Waals surface area contributed by atoms with E-state index in [1.165, 1.54) is 38.5 Å². The zero-order valence-electron chi connectivity index (χ0n) is 35.1. The van der Waals surface area contributed by atoms with Crippen LogP contribution < -0.4 is 0 Å². The number of aliphatic hydroxyl groups is 1. The van der Waals surface area contributed by atoms with Crippen molar-refractivity contribution in [3.8, 4) is 0 Å². The lowest BCUT2D eigenvalue weighted by Crippen LogP contribution is -2.30. The average molecular weight is 865 g/mol. The van der Waals surface area contributed by atoms with Gasteiger partial charge >= 0.3 is 27.6 Å². The number of unbranched alkanes of at least 4 members (excludes halogenated alkanes) is 12. The first kappa shape index (κ1) is 54.1. The molecular formula is C42H74O14P2. The monoisotopic (exact) mass is 864 g/mol. The molecule has 0 saturated carbocycles. The Kier molecular flexibility index (Phi) is 32.4. The van der Waals surface area contributed by atoms with Crippen LogP contribution in [0.15, 0.2) is 48.6 Å². The number of epoxide rings is 1. The van der Waals surface area contributed by atoms with E-state index in [1.807, 2.05) is 0 Å². The van der Waals surface area contributed by atoms with Crippen LogP contribution in [0.2, 0.25) is 0 Å². The predicted octanol–water partition coefficient (Wildman–Crippen LogP) is 9.66. The Balaban J connectivity index is 2.41. The van der Waals surface area contributed by atoms with E-state index >= 15 is 0 Å². The van der Waals surface area contributed by atoms with E-state index in [-0.39, 0.29) is 12.8 Å². The third kappa shape index (κ3) is 34.9. The lowest BCUT2D eigenvalue weighted by molar-refractivity contribution is -0.161. The fourth-order valence-electron chi connectivity index (χ4n) is 5.71. The van der Waals surface area contributed by atoms with Crippen molar-refractivity contribution in [1.29, 1.82) is 0 Å². The molecule has 0 aromatic carbocycles. The molecular weight excluding hydrogens is 790 g/mol. The second kappa shape index (κ2) is 34.7. The first-order valence-corrected chi connectivity index (χ1v) is 24.5. The molecule has 0 bridgehead atoms. The van der Waals surface area contributed by atoms with Gasteiger partial charge < -0.3 is 34.0 Å². The third-order valence-electron chi connectivity index (χ3n) is 9.10. The molecule has 0 radical (unpaired) electrons. The van der Waals surface area contributed by atoms with Crippen LogP contribution in [0.3, 0.4) is 0 Å². The fourth-order valence-corrected chi connectivity index (χ4v) is 6.87. The minimum atomic E-state index is -4.87. The number of aliphatic hydroxyl groups excluding tert-OH is 1. The van der Waals surface area contributed by atoms with E-state index in [0.717, 1.165) is 77.0 Å². The number of carbonyl (C=O) groups excluding carboxylic acids is 2. The van der Waals surface area contributed by atoms with Crippen LogP contribution in [0, 0.1) is 0 Å². The number of allylic oxidation sites excluding steroid dienone is 7. The minimum Gasteiger partial charge on any atom is -0.462 e. The summed E-state index contributed by atoms with van der Waals surface area (Å²) in [5, 5.41) is 9.74. The van der Waals surface area contributed by atoms with Crippen LogP contribution in [-0.4, -0.2) is 82.6 Å². The molecule has 1 rings (SSSR count). The topological polar surface area (TPSA) is 208 Å². The van der Waals surface area contributed by atoms with E-state index in [1.54, 1.807) is 0 Å². The zero-order chi connectivity index (χ0) is 42.7. The van der Waals surface area contributed by atoms with Crippen molar-refractivity contribution in [2.75, 3.05) is 26.4 Å². The summed E-state index contributed by atoms with van der Waals surface area (Å²) in [4.78, 5) is 52.7. The molecule has 0 aromatic rings. The Labute approximate surface area is 347 Å². The molecule has 3 unspecified atom stereocenters. The average Bonchev–Trinajstić information content (AvgIpc) is 3.94. The molecule has 14 nitrogen and oxygen atoms in total. The Morgan fingerprint density at radius 2 is 1.12 bits per heavy atom. The third-order valence-corrected chi connectivity index (χ3v) is 10.5. The molecule has 0 aliphatic carbocycles. The Morgan fingerprint density at radius 1 is 0.603 bits per heavy atom. The molecule has 0 aromatic heterocycles. The molecule has 1 saturated heterocycles. The van der Waals surface area contributed by atoms with Gasteiger partial charge in [0.15, 0.2) is 6.10 Å². The molecule has 1 aliphatic rings. The number of rotatable bonds is 39. The molecule has 58 heavy (non-hydrogen) atoms. The van der Waals surface area contributed by atoms with Crippen LogP contribution in [-0.2, 0) is 46.5 Å². The normalized spacial score (nSPS) is 18.0. The van der Waals surface area contributed by atoms with E-state index in [0.29, 0.717) is 25.0 Å². The Bertz CT molecular complexity index is 1280. The Morgan fingerprint density at radius 3 is 1.76 bits per heavy atom. The zero-order valence-corrected chi connectivity index (χ0v) is 36.9. The molecule has 1 aliphatic heterocycles. The summed E-state index contributed by atoms with van der Waals surface area (Å²) < 4.78 is 53.5. The molecule has 1 fully saturated rings. The van der Waals surface area contributed by atoms with Gasteiger partial charge in [0.05, 0.1) is 32.0 Å². The molecule has 5 atom stereocenters. The van der Waals surface area contributed by atoms with Gasteiger partial charge in [-0.3, -0.25) is 23.2 Å². The number of phosphoric acid groups is 2. The Hall–Kier alpha value is -1.96. The molecule has 1 heterocycles. The van der Waals surface area contributed by atoms with Crippen molar-refractivity contribution in [2.45, 2.75) is 180 Å². The van der Waals surface area contributed by atoms with Crippen molar-refractivity contribution in [2.24, 2.45) is 0 Å². The van der Waals surface area contributed by atoms with Crippen molar-refractivity contribution >= 4 is 27.6 Å². The smallest absolute Gasteiger partial charge is 0.462 e. The number of carbonyl (C=O) groups is 2. The van der Waals surface area contributed by atoms with Crippen LogP contribution in [0.5, 0.6) is 0 Å². The van der Waals surface area contributed by atoms with E-state index < -0.39 is 66.2 Å². The maximum atomic E-state index is 12.7. The quantitative estimate of drug-likeness (QED) is 0.0149. The van der Waals surface area contributed by atoms with Gasteiger partial charge in [0, 0.05) is 12.8 Å². The lowest BCUT2D eigenvalue weighted by Gasteiger charge is -2.20. The first-order chi connectivity index (χ1) is 27.8. The van der Waals surface area contributed by atoms with Crippen LogP contribution in [0.1, 0.15) is 155 Å². The molecule has 336 valence electrons. The number of ether oxygens (including phenoxy) is 3. The number of hydrogen-bond donors (Lipinski definition) is 4. The van der Waals surface area contributed by atoms with Crippen molar-refractivity contribution in [1.82, 2.24) is 0 Å². The molecule has 4 N–H and O–H groups in total. The van der Waals surface area contributed by atoms with Gasteiger partial charge in [-0.05, 0) is 77.0 Å². The van der Waals surface area contributed by atoms with Gasteiger partial charge in [-0.15, -0.1) is 0 Å². The number of phosphoric ester groups is 2. The highest BCUT2D eigenvalue weighted by atomic mass is 31.2. The largest absolute Gasteiger partial charge is 0.472 e. The maximum Gasteiger partial charge on any atom is 0.472 e. The standard InChI is InChI=1S/C42H74O14P2/c1-3-5-7-9-11-12-13-14-15-16-17-18-19-23-27-31-41(44)51-35-38(36-54-58(49,50)53-34-37(43)33-52-57(46,47)48)55-42(45)32-28-24-20-22-26-30-40-39(56-40)29-25-21-10-8-6-4-2/h11-12,14-15,17-18,21,25,37-40,43H,3-10,13,16,19-20,22-24,26-36H2,1-2H3,(H,49,50)(H2,46,47,48)/b12-11-,15-14-,18-17-,25-21-/t37-,38+,39?,40?/m0/s1. The van der Waals surface area contributed by atoms with Gasteiger partial charge in [0.2, 0.25) is 0 Å². The highest BCUT2D eigenvalue weighted by Gasteiger charge is 2.36. The summed E-state index contributed by atoms with van der Waals surface area (Å²) in [5.74, 6) is -1.10. The van der Waals surface area contributed by atoms with Gasteiger partial charge in [-0.2, -0.15) is 0 Å². The number of esters is 2. The van der Waals surface area contributed by atoms with Crippen LogP contribution >= 0.6 is 15.6 Å². The first-order valence-electron chi connectivity index (χ1n) is 21.5. The van der Waals surface area contributed by atoms with Gasteiger partial charge in [-0.1, -0.05) is 114 Å². The summed E-state index contributed by atoms with van der Waals surface area (Å²) in [7, 11) is -9.69. The summed E-state index contributed by atoms with van der Waals surface area (Å²) in [6.45, 7) is 1.62. The van der Waals surface area contributed by atoms with Crippen LogP contribution in [0.25, 0.3) is 0 Å².